The van der Waals surface area contributed by atoms with Crippen LogP contribution in [0.1, 0.15) is 12.0 Å². The zero-order chi connectivity index (χ0) is 12.7. The summed E-state index contributed by atoms with van der Waals surface area (Å²) in [6.45, 7) is 1.95. The van der Waals surface area contributed by atoms with Crippen molar-refractivity contribution < 1.29 is 14.6 Å². The van der Waals surface area contributed by atoms with Gasteiger partial charge in [0.15, 0.2) is 11.5 Å². The summed E-state index contributed by atoms with van der Waals surface area (Å²) in [6.07, 6.45) is 0.795. The fraction of sp³-hybridized carbons (Fsp3) is 0.538. The maximum absolute atomic E-state index is 8.77. The summed E-state index contributed by atoms with van der Waals surface area (Å²) in [5.41, 5.74) is 1.17. The molecule has 17 heavy (non-hydrogen) atoms. The minimum absolute atomic E-state index is 0.232. The standard InChI is InChI=1S/C13H21NO3/c1-14(7-4-8-15)10-11-5-6-12(16-2)13(9-11)17-3/h5-6,9,15H,4,7-8,10H2,1-3H3. The maximum Gasteiger partial charge on any atom is 0.161 e. The monoisotopic (exact) mass is 239 g/mol. The Labute approximate surface area is 103 Å². The van der Waals surface area contributed by atoms with E-state index in [4.69, 9.17) is 14.6 Å². The lowest BCUT2D eigenvalue weighted by Gasteiger charge is -2.17. The molecule has 96 valence electrons. The zero-order valence-electron chi connectivity index (χ0n) is 10.8. The Balaban J connectivity index is 2.65. The normalized spacial score (nSPS) is 10.6. The van der Waals surface area contributed by atoms with E-state index in [0.29, 0.717) is 0 Å². The molecule has 0 unspecified atom stereocenters. The van der Waals surface area contributed by atoms with E-state index < -0.39 is 0 Å². The molecule has 0 heterocycles. The zero-order valence-corrected chi connectivity index (χ0v) is 10.8. The molecular weight excluding hydrogens is 218 g/mol. The summed E-state index contributed by atoms with van der Waals surface area (Å²) in [5.74, 6) is 1.50. The maximum atomic E-state index is 8.77. The summed E-state index contributed by atoms with van der Waals surface area (Å²) in [7, 11) is 5.30. The minimum Gasteiger partial charge on any atom is -0.493 e. The Morgan fingerprint density at radius 1 is 1.18 bits per heavy atom. The van der Waals surface area contributed by atoms with Crippen LogP contribution >= 0.6 is 0 Å². The molecule has 0 amide bonds. The van der Waals surface area contributed by atoms with E-state index in [0.717, 1.165) is 31.0 Å². The predicted molar refractivity (Wildman–Crippen MR) is 67.6 cm³/mol. The van der Waals surface area contributed by atoms with Crippen LogP contribution in [0.15, 0.2) is 18.2 Å². The highest BCUT2D eigenvalue weighted by atomic mass is 16.5. The van der Waals surface area contributed by atoms with Gasteiger partial charge in [0.05, 0.1) is 14.2 Å². The van der Waals surface area contributed by atoms with Crippen molar-refractivity contribution in [3.8, 4) is 11.5 Å². The second-order valence-corrected chi connectivity index (χ2v) is 4.00. The van der Waals surface area contributed by atoms with Crippen molar-refractivity contribution in [1.29, 1.82) is 0 Å². The lowest BCUT2D eigenvalue weighted by atomic mass is 10.2. The van der Waals surface area contributed by atoms with Gasteiger partial charge in [-0.3, -0.25) is 0 Å². The Bertz CT molecular complexity index is 341. The van der Waals surface area contributed by atoms with Crippen LogP contribution in [0.5, 0.6) is 11.5 Å². The fourth-order valence-corrected chi connectivity index (χ4v) is 1.71. The molecule has 0 aliphatic carbocycles. The van der Waals surface area contributed by atoms with Gasteiger partial charge in [-0.15, -0.1) is 0 Å². The molecule has 0 saturated carbocycles. The molecule has 0 bridgehead atoms. The number of aliphatic hydroxyl groups is 1. The van der Waals surface area contributed by atoms with E-state index in [2.05, 4.69) is 4.90 Å². The number of hydrogen-bond acceptors (Lipinski definition) is 4. The van der Waals surface area contributed by atoms with Crippen molar-refractivity contribution in [1.82, 2.24) is 4.90 Å². The SMILES string of the molecule is COc1ccc(CN(C)CCCO)cc1OC. The molecule has 1 rings (SSSR count). The number of methoxy groups -OCH3 is 2. The molecule has 4 heteroatoms. The summed E-state index contributed by atoms with van der Waals surface area (Å²) >= 11 is 0. The molecule has 0 saturated heterocycles. The smallest absolute Gasteiger partial charge is 0.161 e. The second kappa shape index (κ2) is 7.14. The summed E-state index contributed by atoms with van der Waals surface area (Å²) < 4.78 is 10.4. The third-order valence-electron chi connectivity index (χ3n) is 2.60. The summed E-state index contributed by atoms with van der Waals surface area (Å²) in [5, 5.41) is 8.77. The Kier molecular flexibility index (Phi) is 5.80. The van der Waals surface area contributed by atoms with Crippen molar-refractivity contribution >= 4 is 0 Å². The van der Waals surface area contributed by atoms with Crippen molar-refractivity contribution in [3.63, 3.8) is 0 Å². The Morgan fingerprint density at radius 3 is 2.47 bits per heavy atom. The van der Waals surface area contributed by atoms with Gasteiger partial charge in [0.1, 0.15) is 0 Å². The van der Waals surface area contributed by atoms with Crippen LogP contribution in [0.25, 0.3) is 0 Å². The molecule has 0 spiro atoms. The lowest BCUT2D eigenvalue weighted by Crippen LogP contribution is -2.19. The topological polar surface area (TPSA) is 41.9 Å². The first-order valence-electron chi connectivity index (χ1n) is 5.71. The number of ether oxygens (including phenoxy) is 2. The summed E-state index contributed by atoms with van der Waals surface area (Å²) in [6, 6.07) is 5.92. The molecule has 0 aliphatic rings. The Morgan fingerprint density at radius 2 is 1.88 bits per heavy atom. The van der Waals surface area contributed by atoms with E-state index in [1.54, 1.807) is 14.2 Å². The van der Waals surface area contributed by atoms with Gasteiger partial charge in [-0.25, -0.2) is 0 Å². The number of nitrogens with zero attached hydrogens (tertiary/aromatic N) is 1. The largest absolute Gasteiger partial charge is 0.493 e. The molecule has 0 radical (unpaired) electrons. The molecular formula is C13H21NO3. The average molecular weight is 239 g/mol. The van der Waals surface area contributed by atoms with Gasteiger partial charge in [0.2, 0.25) is 0 Å². The lowest BCUT2D eigenvalue weighted by molar-refractivity contribution is 0.244. The van der Waals surface area contributed by atoms with Crippen LogP contribution in [0.3, 0.4) is 0 Å². The molecule has 1 N–H and O–H groups in total. The quantitative estimate of drug-likeness (QED) is 0.783. The van der Waals surface area contributed by atoms with Crippen molar-refractivity contribution in [2.75, 3.05) is 34.4 Å². The van der Waals surface area contributed by atoms with Gasteiger partial charge in [-0.05, 0) is 31.2 Å². The summed E-state index contributed by atoms with van der Waals surface area (Å²) in [4.78, 5) is 2.16. The average Bonchev–Trinajstić information content (AvgIpc) is 2.36. The van der Waals surface area contributed by atoms with Gasteiger partial charge >= 0.3 is 0 Å². The third-order valence-corrected chi connectivity index (χ3v) is 2.60. The van der Waals surface area contributed by atoms with Crippen LogP contribution in [-0.2, 0) is 6.54 Å². The number of aliphatic hydroxyl groups excluding tert-OH is 1. The van der Waals surface area contributed by atoms with Gasteiger partial charge in [-0.1, -0.05) is 6.07 Å². The first-order chi connectivity index (χ1) is 8.21. The van der Waals surface area contributed by atoms with Crippen LogP contribution in [-0.4, -0.2) is 44.4 Å². The number of hydrogen-bond donors (Lipinski definition) is 1. The highest BCUT2D eigenvalue weighted by Gasteiger charge is 2.06. The van der Waals surface area contributed by atoms with E-state index in [-0.39, 0.29) is 6.61 Å². The highest BCUT2D eigenvalue weighted by Crippen LogP contribution is 2.27. The van der Waals surface area contributed by atoms with Gasteiger partial charge < -0.3 is 19.5 Å². The second-order valence-electron chi connectivity index (χ2n) is 4.00. The van der Waals surface area contributed by atoms with Crippen LogP contribution in [0, 0.1) is 0 Å². The van der Waals surface area contributed by atoms with Crippen LogP contribution in [0.2, 0.25) is 0 Å². The van der Waals surface area contributed by atoms with Crippen LogP contribution < -0.4 is 9.47 Å². The molecule has 4 nitrogen and oxygen atoms in total. The van der Waals surface area contributed by atoms with Crippen LogP contribution in [0.4, 0.5) is 0 Å². The Hall–Kier alpha value is -1.26. The van der Waals surface area contributed by atoms with Gasteiger partial charge in [0, 0.05) is 19.7 Å². The number of rotatable bonds is 7. The third kappa shape index (κ3) is 4.24. The molecule has 0 aliphatic heterocycles. The number of benzene rings is 1. The molecule has 1 aromatic rings. The highest BCUT2D eigenvalue weighted by molar-refractivity contribution is 5.42. The van der Waals surface area contributed by atoms with Gasteiger partial charge in [0.25, 0.3) is 0 Å². The van der Waals surface area contributed by atoms with Gasteiger partial charge in [-0.2, -0.15) is 0 Å². The van der Waals surface area contributed by atoms with Crippen molar-refractivity contribution in [2.45, 2.75) is 13.0 Å². The molecule has 0 fully saturated rings. The predicted octanol–water partition coefficient (Wildman–Crippen LogP) is 1.52. The molecule has 0 aromatic heterocycles. The van der Waals surface area contributed by atoms with E-state index >= 15 is 0 Å². The van der Waals surface area contributed by atoms with Crippen molar-refractivity contribution in [3.05, 3.63) is 23.8 Å². The molecule has 1 aromatic carbocycles. The van der Waals surface area contributed by atoms with E-state index in [1.165, 1.54) is 5.56 Å². The fourth-order valence-electron chi connectivity index (χ4n) is 1.71. The van der Waals surface area contributed by atoms with E-state index in [9.17, 15) is 0 Å². The minimum atomic E-state index is 0.232. The molecule has 0 atom stereocenters. The first kappa shape index (κ1) is 13.8. The van der Waals surface area contributed by atoms with E-state index in [1.807, 2.05) is 25.2 Å². The van der Waals surface area contributed by atoms with Crippen molar-refractivity contribution in [2.24, 2.45) is 0 Å². The first-order valence-corrected chi connectivity index (χ1v) is 5.71.